The van der Waals surface area contributed by atoms with Crippen molar-refractivity contribution in [2.45, 2.75) is 4.83 Å². The van der Waals surface area contributed by atoms with Gasteiger partial charge in [0.05, 0.1) is 13.6 Å². The Balaban J connectivity index is 2.49. The first-order valence-electron chi connectivity index (χ1n) is 4.63. The molecule has 1 heterocycles. The van der Waals surface area contributed by atoms with Crippen LogP contribution in [0.15, 0.2) is 22.0 Å². The third kappa shape index (κ3) is 2.76. The van der Waals surface area contributed by atoms with E-state index in [0.29, 0.717) is 25.8 Å². The van der Waals surface area contributed by atoms with Crippen LogP contribution in [0.3, 0.4) is 0 Å². The van der Waals surface area contributed by atoms with Gasteiger partial charge in [0.1, 0.15) is 17.5 Å². The second kappa shape index (κ2) is 5.53. The van der Waals surface area contributed by atoms with Crippen LogP contribution < -0.4 is 0 Å². The van der Waals surface area contributed by atoms with E-state index in [1.807, 2.05) is 0 Å². The molecule has 1 aromatic heterocycles. The SMILES string of the molecule is Fc1cc(F)c(C(Br)c2cc(Cl)c(Br)s2)c(F)c1. The van der Waals surface area contributed by atoms with Crippen molar-refractivity contribution < 1.29 is 13.2 Å². The average molecular weight is 420 g/mol. The molecule has 0 saturated heterocycles. The molecule has 0 bridgehead atoms. The largest absolute Gasteiger partial charge is 0.207 e. The summed E-state index contributed by atoms with van der Waals surface area (Å²) in [6.45, 7) is 0. The molecule has 0 aliphatic heterocycles. The highest BCUT2D eigenvalue weighted by atomic mass is 79.9. The minimum Gasteiger partial charge on any atom is -0.207 e. The minimum atomic E-state index is -0.946. The lowest BCUT2D eigenvalue weighted by Crippen LogP contribution is -2.00. The smallest absolute Gasteiger partial charge is 0.133 e. The molecule has 0 amide bonds. The lowest BCUT2D eigenvalue weighted by Gasteiger charge is -2.10. The van der Waals surface area contributed by atoms with E-state index >= 15 is 0 Å². The Morgan fingerprint density at radius 3 is 2.11 bits per heavy atom. The average Bonchev–Trinajstić information content (AvgIpc) is 2.57. The summed E-state index contributed by atoms with van der Waals surface area (Å²) >= 11 is 13.5. The van der Waals surface area contributed by atoms with E-state index in [1.54, 1.807) is 6.07 Å². The molecule has 2 rings (SSSR count). The summed E-state index contributed by atoms with van der Waals surface area (Å²) in [6, 6.07) is 2.89. The fourth-order valence-electron chi connectivity index (χ4n) is 1.43. The van der Waals surface area contributed by atoms with Crippen molar-refractivity contribution in [1.82, 2.24) is 0 Å². The molecule has 1 unspecified atom stereocenters. The van der Waals surface area contributed by atoms with Gasteiger partial charge in [0.25, 0.3) is 0 Å². The molecule has 0 saturated carbocycles. The number of thiophene rings is 1. The van der Waals surface area contributed by atoms with Crippen molar-refractivity contribution in [3.05, 3.63) is 54.9 Å². The van der Waals surface area contributed by atoms with E-state index in [4.69, 9.17) is 11.6 Å². The van der Waals surface area contributed by atoms with Crippen molar-refractivity contribution in [2.75, 3.05) is 0 Å². The van der Waals surface area contributed by atoms with E-state index in [0.717, 1.165) is 0 Å². The van der Waals surface area contributed by atoms with Crippen molar-refractivity contribution in [3.63, 3.8) is 0 Å². The third-order valence-corrected chi connectivity index (χ3v) is 6.01. The van der Waals surface area contributed by atoms with Gasteiger partial charge in [0, 0.05) is 22.6 Å². The zero-order valence-electron chi connectivity index (χ0n) is 8.49. The highest BCUT2D eigenvalue weighted by Crippen LogP contribution is 2.42. The van der Waals surface area contributed by atoms with Crippen molar-refractivity contribution in [1.29, 1.82) is 0 Å². The summed E-state index contributed by atoms with van der Waals surface area (Å²) in [7, 11) is 0. The fraction of sp³-hybridized carbons (Fsp3) is 0.0909. The van der Waals surface area contributed by atoms with Gasteiger partial charge in [-0.1, -0.05) is 27.5 Å². The van der Waals surface area contributed by atoms with E-state index in [1.165, 1.54) is 11.3 Å². The van der Waals surface area contributed by atoms with Crippen LogP contribution in [0, 0.1) is 17.5 Å². The number of rotatable bonds is 2. The molecule has 0 aliphatic carbocycles. The second-order valence-corrected chi connectivity index (χ2v) is 7.14. The highest BCUT2D eigenvalue weighted by Gasteiger charge is 2.23. The van der Waals surface area contributed by atoms with Crippen LogP contribution in [-0.4, -0.2) is 0 Å². The van der Waals surface area contributed by atoms with Gasteiger partial charge in [0.2, 0.25) is 0 Å². The highest BCUT2D eigenvalue weighted by molar-refractivity contribution is 9.11. The molecule has 0 aliphatic rings. The molecule has 96 valence electrons. The van der Waals surface area contributed by atoms with Gasteiger partial charge in [-0.2, -0.15) is 0 Å². The van der Waals surface area contributed by atoms with Gasteiger partial charge in [-0.25, -0.2) is 13.2 Å². The second-order valence-electron chi connectivity index (χ2n) is 3.42. The first-order chi connectivity index (χ1) is 8.40. The Morgan fingerprint density at radius 2 is 1.67 bits per heavy atom. The molecule has 0 N–H and O–H groups in total. The first kappa shape index (κ1) is 14.4. The zero-order valence-corrected chi connectivity index (χ0v) is 13.2. The number of benzene rings is 1. The Morgan fingerprint density at radius 1 is 1.11 bits per heavy atom. The molecule has 0 radical (unpaired) electrons. The minimum absolute atomic E-state index is 0.234. The predicted molar refractivity (Wildman–Crippen MR) is 74.1 cm³/mol. The fourth-order valence-corrected chi connectivity index (χ4v) is 4.01. The monoisotopic (exact) mass is 418 g/mol. The van der Waals surface area contributed by atoms with Gasteiger partial charge in [-0.3, -0.25) is 0 Å². The number of hydrogen-bond donors (Lipinski definition) is 0. The molecule has 0 fully saturated rings. The molecular weight excluding hydrogens is 416 g/mol. The van der Waals surface area contributed by atoms with Crippen molar-refractivity contribution in [2.24, 2.45) is 0 Å². The maximum atomic E-state index is 13.6. The molecule has 18 heavy (non-hydrogen) atoms. The normalized spacial score (nSPS) is 12.8. The van der Waals surface area contributed by atoms with E-state index in [-0.39, 0.29) is 5.56 Å². The van der Waals surface area contributed by atoms with Crippen LogP contribution in [0.2, 0.25) is 5.02 Å². The van der Waals surface area contributed by atoms with Crippen LogP contribution in [0.5, 0.6) is 0 Å². The molecule has 7 heteroatoms. The third-order valence-electron chi connectivity index (χ3n) is 2.21. The van der Waals surface area contributed by atoms with Crippen LogP contribution in [0.4, 0.5) is 13.2 Å². The topological polar surface area (TPSA) is 0 Å². The molecule has 0 spiro atoms. The Labute approximate surface area is 127 Å². The summed E-state index contributed by atoms with van der Waals surface area (Å²) in [4.78, 5) is -0.0943. The lowest BCUT2D eigenvalue weighted by atomic mass is 10.1. The van der Waals surface area contributed by atoms with E-state index < -0.39 is 22.3 Å². The Hall–Kier alpha value is -0.0400. The van der Waals surface area contributed by atoms with E-state index in [2.05, 4.69) is 31.9 Å². The number of hydrogen-bond acceptors (Lipinski definition) is 1. The lowest BCUT2D eigenvalue weighted by molar-refractivity contribution is 0.528. The van der Waals surface area contributed by atoms with Crippen LogP contribution in [0.25, 0.3) is 0 Å². The number of alkyl halides is 1. The van der Waals surface area contributed by atoms with Gasteiger partial charge < -0.3 is 0 Å². The molecule has 2 aromatic rings. The maximum absolute atomic E-state index is 13.6. The summed E-state index contributed by atoms with van der Waals surface area (Å²) in [5.41, 5.74) is -0.234. The van der Waals surface area contributed by atoms with Gasteiger partial charge in [0.15, 0.2) is 0 Å². The van der Waals surface area contributed by atoms with Crippen molar-refractivity contribution in [3.8, 4) is 0 Å². The molecule has 1 atom stereocenters. The predicted octanol–water partition coefficient (Wildman–Crippen LogP) is 6.07. The summed E-state index contributed by atoms with van der Waals surface area (Å²) in [5.74, 6) is -2.82. The van der Waals surface area contributed by atoms with Crippen LogP contribution in [-0.2, 0) is 0 Å². The molecule has 0 nitrogen and oxygen atoms in total. The maximum Gasteiger partial charge on any atom is 0.133 e. The Bertz CT molecular complexity index is 557. The quantitative estimate of drug-likeness (QED) is 0.518. The summed E-state index contributed by atoms with van der Waals surface area (Å²) in [5, 5.41) is 0.461. The van der Waals surface area contributed by atoms with Gasteiger partial charge in [-0.05, 0) is 22.0 Å². The molecule has 1 aromatic carbocycles. The Kier molecular flexibility index (Phi) is 4.41. The van der Waals surface area contributed by atoms with Gasteiger partial charge in [-0.15, -0.1) is 11.3 Å². The zero-order chi connectivity index (χ0) is 13.4. The van der Waals surface area contributed by atoms with Gasteiger partial charge >= 0.3 is 0 Å². The van der Waals surface area contributed by atoms with Crippen LogP contribution in [0.1, 0.15) is 15.3 Å². The standard InChI is InChI=1S/C11H4Br2ClF3S/c12-10(8-3-5(14)11(13)18-8)9-6(16)1-4(15)2-7(9)17/h1-3,10H. The summed E-state index contributed by atoms with van der Waals surface area (Å²) in [6.07, 6.45) is 0. The van der Waals surface area contributed by atoms with Crippen LogP contribution >= 0.6 is 54.8 Å². The van der Waals surface area contributed by atoms with E-state index in [9.17, 15) is 13.2 Å². The number of halogens is 6. The molecular formula is C11H4Br2ClF3S. The first-order valence-corrected chi connectivity index (χ1v) is 7.53. The van der Waals surface area contributed by atoms with Crippen molar-refractivity contribution >= 4 is 54.8 Å². The summed E-state index contributed by atoms with van der Waals surface area (Å²) < 4.78 is 40.7.